The van der Waals surface area contributed by atoms with Gasteiger partial charge in [-0.25, -0.2) is 0 Å². The van der Waals surface area contributed by atoms with Gasteiger partial charge in [-0.1, -0.05) is 36.4 Å². The molecule has 5 nitrogen and oxygen atoms in total. The number of nitrogens with zero attached hydrogens (tertiary/aromatic N) is 1. The van der Waals surface area contributed by atoms with Gasteiger partial charge >= 0.3 is 0 Å². The second-order valence-electron chi connectivity index (χ2n) is 6.12. The van der Waals surface area contributed by atoms with E-state index < -0.39 is 0 Å². The molecule has 0 aromatic heterocycles. The minimum atomic E-state index is 0. The Morgan fingerprint density at radius 1 is 1.08 bits per heavy atom. The number of benzene rings is 2. The Morgan fingerprint density at radius 3 is 2.46 bits per heavy atom. The van der Waals surface area contributed by atoms with Crippen molar-refractivity contribution in [2.24, 2.45) is 4.99 Å². The summed E-state index contributed by atoms with van der Waals surface area (Å²) in [7, 11) is 5.08. The molecule has 2 atom stereocenters. The molecule has 1 aliphatic rings. The van der Waals surface area contributed by atoms with Crippen molar-refractivity contribution < 1.29 is 9.47 Å². The molecule has 6 heteroatoms. The van der Waals surface area contributed by atoms with Crippen LogP contribution in [-0.2, 0) is 6.54 Å². The van der Waals surface area contributed by atoms with E-state index in [1.807, 2.05) is 18.2 Å². The van der Waals surface area contributed by atoms with Crippen LogP contribution in [0.3, 0.4) is 0 Å². The molecule has 0 saturated heterocycles. The molecule has 0 radical (unpaired) electrons. The van der Waals surface area contributed by atoms with Crippen LogP contribution < -0.4 is 20.1 Å². The van der Waals surface area contributed by atoms with E-state index in [0.717, 1.165) is 29.4 Å². The quantitative estimate of drug-likeness (QED) is 0.388. The van der Waals surface area contributed by atoms with Crippen molar-refractivity contribution in [2.45, 2.75) is 24.9 Å². The lowest BCUT2D eigenvalue weighted by molar-refractivity contribution is 0.354. The second-order valence-corrected chi connectivity index (χ2v) is 6.12. The van der Waals surface area contributed by atoms with Crippen molar-refractivity contribution in [3.05, 3.63) is 59.7 Å². The van der Waals surface area contributed by atoms with Crippen LogP contribution in [0.4, 0.5) is 0 Å². The highest BCUT2D eigenvalue weighted by molar-refractivity contribution is 14.0. The lowest BCUT2D eigenvalue weighted by Crippen LogP contribution is -2.38. The van der Waals surface area contributed by atoms with Crippen molar-refractivity contribution in [3.63, 3.8) is 0 Å². The van der Waals surface area contributed by atoms with Crippen LogP contribution in [0.2, 0.25) is 0 Å². The Labute approximate surface area is 172 Å². The summed E-state index contributed by atoms with van der Waals surface area (Å²) in [5, 5.41) is 6.85. The summed E-state index contributed by atoms with van der Waals surface area (Å²) >= 11 is 0. The molecule has 0 bridgehead atoms. The number of ether oxygens (including phenoxy) is 2. The maximum absolute atomic E-state index is 5.35. The molecule has 2 aromatic rings. The standard InChI is InChI=1S/C20H25N3O2.HI/c1-21-20(23-17-12-16(17)15-7-5-4-6-8-15)22-13-14-9-10-18(24-2)19(11-14)25-3;/h4-11,16-17H,12-13H2,1-3H3,(H2,21,22,23);1H. The molecule has 0 heterocycles. The van der Waals surface area contributed by atoms with Gasteiger partial charge in [0.25, 0.3) is 0 Å². The predicted molar refractivity (Wildman–Crippen MR) is 116 cm³/mol. The number of halogens is 1. The molecule has 26 heavy (non-hydrogen) atoms. The van der Waals surface area contributed by atoms with Crippen molar-refractivity contribution in [2.75, 3.05) is 21.3 Å². The lowest BCUT2D eigenvalue weighted by atomic mass is 10.1. The summed E-state index contributed by atoms with van der Waals surface area (Å²) in [5.41, 5.74) is 2.49. The van der Waals surface area contributed by atoms with Gasteiger partial charge in [-0.3, -0.25) is 4.99 Å². The van der Waals surface area contributed by atoms with Crippen molar-refractivity contribution in [1.82, 2.24) is 10.6 Å². The number of methoxy groups -OCH3 is 2. The third-order valence-electron chi connectivity index (χ3n) is 4.47. The van der Waals surface area contributed by atoms with Gasteiger partial charge in [0, 0.05) is 25.6 Å². The third-order valence-corrected chi connectivity index (χ3v) is 4.47. The smallest absolute Gasteiger partial charge is 0.191 e. The fourth-order valence-corrected chi connectivity index (χ4v) is 2.97. The molecule has 2 unspecified atom stereocenters. The molecule has 2 N–H and O–H groups in total. The molecule has 3 rings (SSSR count). The predicted octanol–water partition coefficient (Wildman–Crippen LogP) is 3.54. The Bertz CT molecular complexity index is 737. The van der Waals surface area contributed by atoms with Crippen LogP contribution in [0.1, 0.15) is 23.5 Å². The van der Waals surface area contributed by atoms with E-state index in [2.05, 4.69) is 46.0 Å². The number of rotatable bonds is 6. The highest BCUT2D eigenvalue weighted by Gasteiger charge is 2.38. The van der Waals surface area contributed by atoms with Gasteiger partial charge in [0.15, 0.2) is 17.5 Å². The van der Waals surface area contributed by atoms with Gasteiger partial charge in [0.05, 0.1) is 14.2 Å². The first-order chi connectivity index (χ1) is 12.2. The van der Waals surface area contributed by atoms with Gasteiger partial charge < -0.3 is 20.1 Å². The van der Waals surface area contributed by atoms with Crippen molar-refractivity contribution in [1.29, 1.82) is 0 Å². The SMILES string of the molecule is CN=C(NCc1ccc(OC)c(OC)c1)NC1CC1c1ccccc1.I. The first kappa shape index (κ1) is 20.4. The van der Waals surface area contributed by atoms with Gasteiger partial charge in [0.2, 0.25) is 0 Å². The molecule has 1 saturated carbocycles. The number of aliphatic imine (C=N–C) groups is 1. The van der Waals surface area contributed by atoms with Crippen LogP contribution in [0, 0.1) is 0 Å². The Balaban J connectivity index is 0.00000243. The van der Waals surface area contributed by atoms with E-state index in [4.69, 9.17) is 9.47 Å². The molecule has 140 valence electrons. The number of nitrogens with one attached hydrogen (secondary N) is 2. The van der Waals surface area contributed by atoms with Crippen LogP contribution in [0.5, 0.6) is 11.5 Å². The normalized spacial score (nSPS) is 18.5. The molecule has 0 amide bonds. The van der Waals surface area contributed by atoms with E-state index in [9.17, 15) is 0 Å². The topological polar surface area (TPSA) is 54.9 Å². The summed E-state index contributed by atoms with van der Waals surface area (Å²) in [6, 6.07) is 17.0. The first-order valence-corrected chi connectivity index (χ1v) is 8.48. The van der Waals surface area contributed by atoms with Crippen LogP contribution >= 0.6 is 24.0 Å². The summed E-state index contributed by atoms with van der Waals surface area (Å²) < 4.78 is 10.6. The maximum Gasteiger partial charge on any atom is 0.191 e. The van der Waals surface area contributed by atoms with Crippen LogP contribution in [-0.4, -0.2) is 33.3 Å². The Hall–Kier alpha value is -1.96. The minimum Gasteiger partial charge on any atom is -0.493 e. The van der Waals surface area contributed by atoms with Gasteiger partial charge in [-0.05, 0) is 29.7 Å². The highest BCUT2D eigenvalue weighted by Crippen LogP contribution is 2.40. The van der Waals surface area contributed by atoms with Gasteiger partial charge in [0.1, 0.15) is 0 Å². The van der Waals surface area contributed by atoms with Crippen molar-refractivity contribution >= 4 is 29.9 Å². The number of hydrogen-bond donors (Lipinski definition) is 2. The van der Waals surface area contributed by atoms with E-state index in [0.29, 0.717) is 18.5 Å². The van der Waals surface area contributed by atoms with Crippen LogP contribution in [0.25, 0.3) is 0 Å². The zero-order valence-corrected chi connectivity index (χ0v) is 17.7. The molecular weight excluding hydrogens is 441 g/mol. The molecule has 0 spiro atoms. The van der Waals surface area contributed by atoms with E-state index in [-0.39, 0.29) is 24.0 Å². The van der Waals surface area contributed by atoms with Gasteiger partial charge in [-0.2, -0.15) is 0 Å². The Kier molecular flexibility index (Phi) is 7.56. The fraction of sp³-hybridized carbons (Fsp3) is 0.350. The monoisotopic (exact) mass is 467 g/mol. The average molecular weight is 467 g/mol. The average Bonchev–Trinajstić information content (AvgIpc) is 3.44. The largest absolute Gasteiger partial charge is 0.493 e. The first-order valence-electron chi connectivity index (χ1n) is 8.48. The summed E-state index contributed by atoms with van der Waals surface area (Å²) in [5.74, 6) is 2.85. The maximum atomic E-state index is 5.35. The van der Waals surface area contributed by atoms with Crippen molar-refractivity contribution in [3.8, 4) is 11.5 Å². The molecule has 1 fully saturated rings. The number of guanidine groups is 1. The second kappa shape index (κ2) is 9.66. The molecule has 0 aliphatic heterocycles. The molecular formula is C20H26IN3O2. The Morgan fingerprint density at radius 2 is 1.81 bits per heavy atom. The minimum absolute atomic E-state index is 0. The summed E-state index contributed by atoms with van der Waals surface area (Å²) in [6.45, 7) is 0.669. The highest BCUT2D eigenvalue weighted by atomic mass is 127. The summed E-state index contributed by atoms with van der Waals surface area (Å²) in [6.07, 6.45) is 1.14. The van der Waals surface area contributed by atoms with Gasteiger partial charge in [-0.15, -0.1) is 24.0 Å². The summed E-state index contributed by atoms with van der Waals surface area (Å²) in [4.78, 5) is 4.33. The number of hydrogen-bond acceptors (Lipinski definition) is 3. The fourth-order valence-electron chi connectivity index (χ4n) is 2.97. The van der Waals surface area contributed by atoms with E-state index in [1.165, 1.54) is 5.56 Å². The zero-order chi connectivity index (χ0) is 17.6. The zero-order valence-electron chi connectivity index (χ0n) is 15.4. The molecule has 1 aliphatic carbocycles. The van der Waals surface area contributed by atoms with E-state index in [1.54, 1.807) is 21.3 Å². The molecule has 2 aromatic carbocycles. The van der Waals surface area contributed by atoms with E-state index >= 15 is 0 Å². The van der Waals surface area contributed by atoms with Crippen LogP contribution in [0.15, 0.2) is 53.5 Å². The lowest BCUT2D eigenvalue weighted by Gasteiger charge is -2.13. The third kappa shape index (κ3) is 5.03.